The van der Waals surface area contributed by atoms with Crippen molar-refractivity contribution in [3.63, 3.8) is 0 Å². The minimum absolute atomic E-state index is 0.553. The molecule has 0 atom stereocenters. The van der Waals surface area contributed by atoms with Gasteiger partial charge in [0.25, 0.3) is 0 Å². The molecular weight excluding hydrogens is 278 g/mol. The molecule has 1 fully saturated rings. The molecule has 0 saturated heterocycles. The number of hydrogen-bond donors (Lipinski definition) is 1. The molecule has 94 valence electrons. The summed E-state index contributed by atoms with van der Waals surface area (Å²) in [7, 11) is 0. The van der Waals surface area contributed by atoms with E-state index >= 15 is 0 Å². The zero-order chi connectivity index (χ0) is 12.3. The summed E-state index contributed by atoms with van der Waals surface area (Å²) < 4.78 is 1.00. The van der Waals surface area contributed by atoms with Gasteiger partial charge in [0.15, 0.2) is 0 Å². The Balaban J connectivity index is 1.99. The van der Waals surface area contributed by atoms with Crippen molar-refractivity contribution in [2.24, 2.45) is 5.92 Å². The lowest BCUT2D eigenvalue weighted by molar-refractivity contribution is 0.360. The molecule has 0 unspecified atom stereocenters. The fourth-order valence-corrected chi connectivity index (χ4v) is 2.78. The van der Waals surface area contributed by atoms with Crippen LogP contribution in [0.2, 0.25) is 0 Å². The van der Waals surface area contributed by atoms with Gasteiger partial charge in [-0.05, 0) is 54.0 Å². The van der Waals surface area contributed by atoms with E-state index in [4.69, 9.17) is 0 Å². The molecular formula is C13H20BrN3. The lowest BCUT2D eigenvalue weighted by Gasteiger charge is -2.26. The van der Waals surface area contributed by atoms with Crippen LogP contribution in [0.3, 0.4) is 0 Å². The van der Waals surface area contributed by atoms with E-state index < -0.39 is 0 Å². The summed E-state index contributed by atoms with van der Waals surface area (Å²) in [4.78, 5) is 8.87. The van der Waals surface area contributed by atoms with Gasteiger partial charge in [-0.1, -0.05) is 13.8 Å². The monoisotopic (exact) mass is 297 g/mol. The predicted molar refractivity (Wildman–Crippen MR) is 74.2 cm³/mol. The number of rotatable bonds is 3. The minimum Gasteiger partial charge on any atom is -0.351 e. The maximum atomic E-state index is 4.53. The topological polar surface area (TPSA) is 37.8 Å². The molecule has 1 saturated carbocycles. The number of hydrogen-bond acceptors (Lipinski definition) is 3. The first-order valence-electron chi connectivity index (χ1n) is 6.47. The van der Waals surface area contributed by atoms with Crippen molar-refractivity contribution >= 4 is 21.9 Å². The molecule has 2 rings (SSSR count). The van der Waals surface area contributed by atoms with Crippen LogP contribution in [-0.4, -0.2) is 16.0 Å². The van der Waals surface area contributed by atoms with E-state index in [0.29, 0.717) is 6.04 Å². The Morgan fingerprint density at radius 2 is 2.06 bits per heavy atom. The van der Waals surface area contributed by atoms with E-state index in [9.17, 15) is 0 Å². The molecule has 1 N–H and O–H groups in total. The van der Waals surface area contributed by atoms with Crippen LogP contribution in [0.5, 0.6) is 0 Å². The average molecular weight is 298 g/mol. The van der Waals surface area contributed by atoms with Crippen molar-refractivity contribution in [1.29, 1.82) is 0 Å². The van der Waals surface area contributed by atoms with Crippen molar-refractivity contribution in [3.8, 4) is 0 Å². The fourth-order valence-electron chi connectivity index (χ4n) is 2.31. The Morgan fingerprint density at radius 3 is 2.71 bits per heavy atom. The number of aryl methyl sites for hydroxylation is 1. The molecule has 0 aromatic carbocycles. The summed E-state index contributed by atoms with van der Waals surface area (Å²) in [5.74, 6) is 1.66. The van der Waals surface area contributed by atoms with Gasteiger partial charge >= 0.3 is 0 Å². The average Bonchev–Trinajstić information content (AvgIpc) is 2.34. The van der Waals surface area contributed by atoms with Crippen molar-refractivity contribution < 1.29 is 0 Å². The summed E-state index contributed by atoms with van der Waals surface area (Å²) in [6.45, 7) is 4.45. The minimum atomic E-state index is 0.553. The molecule has 0 bridgehead atoms. The highest BCUT2D eigenvalue weighted by Gasteiger charge is 2.18. The zero-order valence-electron chi connectivity index (χ0n) is 10.5. The van der Waals surface area contributed by atoms with Gasteiger partial charge in [0.05, 0.1) is 10.2 Å². The lowest BCUT2D eigenvalue weighted by Crippen LogP contribution is -2.26. The van der Waals surface area contributed by atoms with Gasteiger partial charge in [-0.15, -0.1) is 0 Å². The second-order valence-corrected chi connectivity index (χ2v) is 5.80. The first kappa shape index (κ1) is 12.8. The SMILES string of the molecule is CCc1nc(NC2CCC(C)CC2)ncc1Br. The molecule has 1 aromatic heterocycles. The zero-order valence-corrected chi connectivity index (χ0v) is 12.1. The highest BCUT2D eigenvalue weighted by Crippen LogP contribution is 2.25. The lowest BCUT2D eigenvalue weighted by atomic mass is 9.87. The Kier molecular flexibility index (Phi) is 4.37. The van der Waals surface area contributed by atoms with E-state index in [1.165, 1.54) is 25.7 Å². The Bertz CT molecular complexity index is 373. The van der Waals surface area contributed by atoms with E-state index in [0.717, 1.165) is 28.5 Å². The molecule has 4 heteroatoms. The molecule has 17 heavy (non-hydrogen) atoms. The number of nitrogens with zero attached hydrogens (tertiary/aromatic N) is 2. The normalized spacial score (nSPS) is 24.6. The third kappa shape index (κ3) is 3.41. The molecule has 1 aliphatic rings. The quantitative estimate of drug-likeness (QED) is 0.922. The number of aromatic nitrogens is 2. The molecule has 0 aliphatic heterocycles. The third-order valence-electron chi connectivity index (χ3n) is 3.50. The van der Waals surface area contributed by atoms with Crippen molar-refractivity contribution in [2.45, 2.75) is 52.0 Å². The van der Waals surface area contributed by atoms with Crippen LogP contribution in [0.15, 0.2) is 10.7 Å². The molecule has 0 radical (unpaired) electrons. The van der Waals surface area contributed by atoms with E-state index in [2.05, 4.69) is 45.1 Å². The first-order chi connectivity index (χ1) is 8.19. The van der Waals surface area contributed by atoms with Crippen molar-refractivity contribution in [2.75, 3.05) is 5.32 Å². The largest absolute Gasteiger partial charge is 0.351 e. The maximum absolute atomic E-state index is 4.53. The highest BCUT2D eigenvalue weighted by atomic mass is 79.9. The van der Waals surface area contributed by atoms with Crippen LogP contribution < -0.4 is 5.32 Å². The van der Waals surface area contributed by atoms with Crippen LogP contribution >= 0.6 is 15.9 Å². The van der Waals surface area contributed by atoms with Crippen LogP contribution in [-0.2, 0) is 6.42 Å². The van der Waals surface area contributed by atoms with Gasteiger partial charge in [0, 0.05) is 12.2 Å². The highest BCUT2D eigenvalue weighted by molar-refractivity contribution is 9.10. The Morgan fingerprint density at radius 1 is 1.35 bits per heavy atom. The van der Waals surface area contributed by atoms with Gasteiger partial charge in [-0.25, -0.2) is 9.97 Å². The Labute approximate surface area is 112 Å². The van der Waals surface area contributed by atoms with Crippen molar-refractivity contribution in [1.82, 2.24) is 9.97 Å². The van der Waals surface area contributed by atoms with Crippen LogP contribution in [0, 0.1) is 5.92 Å². The number of halogens is 1. The molecule has 1 aliphatic carbocycles. The fraction of sp³-hybridized carbons (Fsp3) is 0.692. The summed E-state index contributed by atoms with van der Waals surface area (Å²) in [5.41, 5.74) is 1.08. The van der Waals surface area contributed by atoms with Gasteiger partial charge in [0.1, 0.15) is 0 Å². The summed E-state index contributed by atoms with van der Waals surface area (Å²) in [5, 5.41) is 3.46. The molecule has 3 nitrogen and oxygen atoms in total. The van der Waals surface area contributed by atoms with E-state index in [1.54, 1.807) is 0 Å². The van der Waals surface area contributed by atoms with Crippen molar-refractivity contribution in [3.05, 3.63) is 16.4 Å². The second-order valence-electron chi connectivity index (χ2n) is 4.94. The molecule has 1 heterocycles. The van der Waals surface area contributed by atoms with Gasteiger partial charge in [-0.2, -0.15) is 0 Å². The standard InChI is InChI=1S/C13H20BrN3/c1-3-12-11(14)8-15-13(17-12)16-10-6-4-9(2)5-7-10/h8-10H,3-7H2,1-2H3,(H,15,16,17). The number of anilines is 1. The summed E-state index contributed by atoms with van der Waals surface area (Å²) in [6.07, 6.45) is 7.88. The first-order valence-corrected chi connectivity index (χ1v) is 7.26. The summed E-state index contributed by atoms with van der Waals surface area (Å²) >= 11 is 3.47. The molecule has 1 aromatic rings. The van der Waals surface area contributed by atoms with Crippen LogP contribution in [0.25, 0.3) is 0 Å². The maximum Gasteiger partial charge on any atom is 0.223 e. The van der Waals surface area contributed by atoms with Gasteiger partial charge in [-0.3, -0.25) is 0 Å². The van der Waals surface area contributed by atoms with E-state index in [-0.39, 0.29) is 0 Å². The van der Waals surface area contributed by atoms with Gasteiger partial charge in [0.2, 0.25) is 5.95 Å². The van der Waals surface area contributed by atoms with E-state index in [1.807, 2.05) is 6.20 Å². The molecule has 0 amide bonds. The Hall–Kier alpha value is -0.640. The summed E-state index contributed by atoms with van der Waals surface area (Å²) in [6, 6.07) is 0.553. The second kappa shape index (κ2) is 5.80. The molecule has 0 spiro atoms. The smallest absolute Gasteiger partial charge is 0.223 e. The predicted octanol–water partition coefficient (Wildman–Crippen LogP) is 3.79. The number of nitrogens with one attached hydrogen (secondary N) is 1. The van der Waals surface area contributed by atoms with Crippen LogP contribution in [0.4, 0.5) is 5.95 Å². The van der Waals surface area contributed by atoms with Gasteiger partial charge < -0.3 is 5.32 Å². The van der Waals surface area contributed by atoms with Crippen LogP contribution in [0.1, 0.15) is 45.2 Å². The third-order valence-corrected chi connectivity index (χ3v) is 4.16.